The van der Waals surface area contributed by atoms with Gasteiger partial charge in [0.05, 0.1) is 7.92 Å². The maximum absolute atomic E-state index is 10.7. The van der Waals surface area contributed by atoms with Gasteiger partial charge >= 0.3 is 5.51 Å². The molecule has 3 aromatic rings. The monoisotopic (exact) mass is 444 g/mol. The second-order valence-electron chi connectivity index (χ2n) is 5.73. The Balaban J connectivity index is 0.000000321. The first kappa shape index (κ1) is 22.7. The largest absolute Gasteiger partial charge is 0.741 e. The van der Waals surface area contributed by atoms with E-state index in [0.29, 0.717) is 0 Å². The molecule has 10 heteroatoms. The van der Waals surface area contributed by atoms with Crippen molar-refractivity contribution in [3.63, 3.8) is 0 Å². The van der Waals surface area contributed by atoms with Crippen LogP contribution in [0.2, 0.25) is 0 Å². The average Bonchev–Trinajstić information content (AvgIpc) is 2.65. The Morgan fingerprint density at radius 3 is 1.31 bits per heavy atom. The van der Waals surface area contributed by atoms with Gasteiger partial charge in [-0.2, -0.15) is 13.2 Å². The van der Waals surface area contributed by atoms with E-state index in [9.17, 15) is 23.4 Å². The highest BCUT2D eigenvalue weighted by molar-refractivity contribution is 7.86. The van der Waals surface area contributed by atoms with Crippen LogP contribution >= 0.6 is 7.92 Å². The molecule has 0 bridgehead atoms. The van der Waals surface area contributed by atoms with Crippen LogP contribution in [0, 0.1) is 0 Å². The molecule has 0 amide bonds. The summed E-state index contributed by atoms with van der Waals surface area (Å²) in [4.78, 5) is 0. The Morgan fingerprint density at radius 1 is 0.690 bits per heavy atom. The van der Waals surface area contributed by atoms with Crippen molar-refractivity contribution in [3.8, 4) is 11.5 Å². The molecule has 0 radical (unpaired) electrons. The maximum atomic E-state index is 10.7. The van der Waals surface area contributed by atoms with Crippen molar-refractivity contribution in [2.24, 2.45) is 0 Å². The van der Waals surface area contributed by atoms with Gasteiger partial charge in [0, 0.05) is 0 Å². The predicted octanol–water partition coefficient (Wildman–Crippen LogP) is 2.64. The zero-order valence-electron chi connectivity index (χ0n) is 14.7. The van der Waals surface area contributed by atoms with Gasteiger partial charge in [-0.05, 0) is 60.7 Å². The third kappa shape index (κ3) is 6.45. The van der Waals surface area contributed by atoms with E-state index in [4.69, 9.17) is 13.0 Å². The Bertz CT molecular complexity index is 977. The fourth-order valence-corrected chi connectivity index (χ4v) is 4.89. The number of aromatic hydroxyl groups is 2. The number of halogens is 3. The normalized spacial score (nSPS) is 11.6. The van der Waals surface area contributed by atoms with Gasteiger partial charge in [0.2, 0.25) is 0 Å². The van der Waals surface area contributed by atoms with Crippen LogP contribution in [0.3, 0.4) is 0 Å². The molecule has 154 valence electrons. The molecular weight excluding hydrogens is 428 g/mol. The van der Waals surface area contributed by atoms with Gasteiger partial charge in [0.1, 0.15) is 27.4 Å². The molecule has 0 aliphatic rings. The Kier molecular flexibility index (Phi) is 7.24. The quantitative estimate of drug-likeness (QED) is 0.368. The Labute approximate surface area is 166 Å². The van der Waals surface area contributed by atoms with Gasteiger partial charge in [0.25, 0.3) is 0 Å². The predicted molar refractivity (Wildman–Crippen MR) is 106 cm³/mol. The summed E-state index contributed by atoms with van der Waals surface area (Å²) < 4.78 is 58.9. The summed E-state index contributed by atoms with van der Waals surface area (Å²) in [5.74, 6) is 0.553. The van der Waals surface area contributed by atoms with Gasteiger partial charge in [-0.3, -0.25) is 0 Å². The lowest BCUT2D eigenvalue weighted by molar-refractivity contribution is -0.0517. The van der Waals surface area contributed by atoms with Crippen LogP contribution in [0.1, 0.15) is 0 Å². The molecule has 0 aromatic heterocycles. The molecular formula is C19H16F3O5PS. The summed E-state index contributed by atoms with van der Waals surface area (Å²) >= 11 is 0. The molecule has 2 N–H and O–H groups in total. The molecule has 3 rings (SSSR count). The smallest absolute Gasteiger partial charge is 0.485 e. The maximum Gasteiger partial charge on any atom is 0.485 e. The van der Waals surface area contributed by atoms with Crippen molar-refractivity contribution >= 4 is 34.0 Å². The minimum Gasteiger partial charge on any atom is -0.741 e. The van der Waals surface area contributed by atoms with Crippen molar-refractivity contribution in [3.05, 3.63) is 78.9 Å². The third-order valence-corrected chi connectivity index (χ3v) is 6.96. The van der Waals surface area contributed by atoms with E-state index in [2.05, 4.69) is 12.1 Å². The summed E-state index contributed by atoms with van der Waals surface area (Å²) in [6, 6.07) is 25.2. The van der Waals surface area contributed by atoms with Crippen LogP contribution in [-0.2, 0) is 10.1 Å². The highest BCUT2D eigenvalue weighted by atomic mass is 32.2. The summed E-state index contributed by atoms with van der Waals surface area (Å²) in [6.07, 6.45) is 0. The van der Waals surface area contributed by atoms with Gasteiger partial charge in [0.15, 0.2) is 10.1 Å². The zero-order valence-corrected chi connectivity index (χ0v) is 16.5. The number of hydrogen-bond acceptors (Lipinski definition) is 5. The number of rotatable bonds is 3. The average molecular weight is 444 g/mol. The molecule has 5 nitrogen and oxygen atoms in total. The summed E-state index contributed by atoms with van der Waals surface area (Å²) in [5.41, 5.74) is -5.65. The van der Waals surface area contributed by atoms with Gasteiger partial charge in [-0.25, -0.2) is 8.42 Å². The van der Waals surface area contributed by atoms with E-state index in [1.807, 2.05) is 42.5 Å². The fourth-order valence-electron chi connectivity index (χ4n) is 2.36. The van der Waals surface area contributed by atoms with Crippen molar-refractivity contribution in [1.29, 1.82) is 0 Å². The number of phenols is 2. The minimum absolute atomic E-state index is 0.277. The molecule has 0 atom stereocenters. The highest BCUT2D eigenvalue weighted by Gasteiger charge is 2.36. The van der Waals surface area contributed by atoms with Crippen molar-refractivity contribution in [2.45, 2.75) is 5.51 Å². The van der Waals surface area contributed by atoms with E-state index in [0.717, 1.165) is 0 Å². The first-order valence-electron chi connectivity index (χ1n) is 8.02. The molecule has 0 saturated heterocycles. The van der Waals surface area contributed by atoms with E-state index in [1.54, 1.807) is 24.3 Å². The summed E-state index contributed by atoms with van der Waals surface area (Å²) in [5, 5.41) is 22.7. The summed E-state index contributed by atoms with van der Waals surface area (Å²) in [7, 11) is -7.22. The van der Waals surface area contributed by atoms with Crippen LogP contribution in [0.25, 0.3) is 0 Å². The first-order chi connectivity index (χ1) is 13.5. The van der Waals surface area contributed by atoms with Gasteiger partial charge < -0.3 is 14.8 Å². The van der Waals surface area contributed by atoms with Gasteiger partial charge in [-0.15, -0.1) is 0 Å². The van der Waals surface area contributed by atoms with E-state index in [1.165, 1.54) is 15.9 Å². The molecule has 29 heavy (non-hydrogen) atoms. The SMILES string of the molecule is O=S(=O)([O-])C(F)(F)F.Oc1ccc([PH+](c2ccccc2)c2ccc(O)cc2)cc1. The minimum atomic E-state index is -6.09. The van der Waals surface area contributed by atoms with E-state index < -0.39 is 23.5 Å². The van der Waals surface area contributed by atoms with Crippen LogP contribution in [0.4, 0.5) is 13.2 Å². The number of phenolic OH excluding ortho intramolecular Hbond substituents is 2. The Hall–Kier alpha value is -2.61. The second kappa shape index (κ2) is 9.26. The van der Waals surface area contributed by atoms with Crippen molar-refractivity contribution in [1.82, 2.24) is 0 Å². The molecule has 0 aliphatic heterocycles. The van der Waals surface area contributed by atoms with Gasteiger partial charge in [-0.1, -0.05) is 18.2 Å². The first-order valence-corrected chi connectivity index (χ1v) is 10.9. The number of hydrogen-bond donors (Lipinski definition) is 2. The Morgan fingerprint density at radius 2 is 1.00 bits per heavy atom. The van der Waals surface area contributed by atoms with Crippen molar-refractivity contribution < 1.29 is 36.4 Å². The molecule has 0 aliphatic carbocycles. The topological polar surface area (TPSA) is 97.7 Å². The van der Waals surface area contributed by atoms with Crippen LogP contribution in [-0.4, -0.2) is 28.7 Å². The van der Waals surface area contributed by atoms with E-state index in [-0.39, 0.29) is 11.5 Å². The van der Waals surface area contributed by atoms with E-state index >= 15 is 0 Å². The number of benzene rings is 3. The molecule has 3 aromatic carbocycles. The lowest BCUT2D eigenvalue weighted by Gasteiger charge is -2.10. The van der Waals surface area contributed by atoms with Crippen molar-refractivity contribution in [2.75, 3.05) is 0 Å². The number of alkyl halides is 3. The standard InChI is InChI=1S/C18H15O2P.CHF3O3S/c19-14-6-10-17(11-7-14)21(16-4-2-1-3-5-16)18-12-8-15(20)9-13-18;2-1(3,4)8(5,6)7/h1-13,19-20H;(H,5,6,7). The van der Waals surface area contributed by atoms with Crippen LogP contribution in [0.5, 0.6) is 11.5 Å². The fraction of sp³-hybridized carbons (Fsp3) is 0.0526. The molecule has 0 saturated carbocycles. The molecule has 0 heterocycles. The summed E-state index contributed by atoms with van der Waals surface area (Å²) in [6.45, 7) is 0. The zero-order chi connectivity index (χ0) is 21.7. The van der Waals surface area contributed by atoms with Crippen LogP contribution in [0.15, 0.2) is 78.9 Å². The highest BCUT2D eigenvalue weighted by Crippen LogP contribution is 2.33. The molecule has 0 spiro atoms. The molecule has 0 unspecified atom stereocenters. The lowest BCUT2D eigenvalue weighted by atomic mass is 10.3. The third-order valence-electron chi connectivity index (χ3n) is 3.66. The lowest BCUT2D eigenvalue weighted by Crippen LogP contribution is -2.21. The molecule has 0 fully saturated rings. The second-order valence-corrected chi connectivity index (χ2v) is 9.59. The van der Waals surface area contributed by atoms with Crippen LogP contribution < -0.4 is 15.9 Å².